The van der Waals surface area contributed by atoms with E-state index in [0.29, 0.717) is 6.04 Å². The molecule has 0 bridgehead atoms. The van der Waals surface area contributed by atoms with E-state index in [1.54, 1.807) is 0 Å². The van der Waals surface area contributed by atoms with Gasteiger partial charge in [-0.3, -0.25) is 0 Å². The largest absolute Gasteiger partial charge is 0.314 e. The minimum atomic E-state index is 0.584. The third kappa shape index (κ3) is 4.29. The monoisotopic (exact) mass is 276 g/mol. The molecule has 104 valence electrons. The fraction of sp³-hybridized carbons (Fsp3) is 0.562. The maximum absolute atomic E-state index is 4.75. The average molecular weight is 276 g/mol. The Morgan fingerprint density at radius 2 is 2.05 bits per heavy atom. The Hall–Kier alpha value is -0.930. The number of nitrogens with one attached hydrogen (secondary N) is 1. The zero-order chi connectivity index (χ0) is 13.5. The number of para-hydroxylation sites is 1. The van der Waals surface area contributed by atoms with Crippen LogP contribution in [-0.2, 0) is 6.42 Å². The molecule has 1 N–H and O–H groups in total. The summed E-state index contributed by atoms with van der Waals surface area (Å²) in [6.45, 7) is 5.59. The van der Waals surface area contributed by atoms with E-state index >= 15 is 0 Å². The summed E-state index contributed by atoms with van der Waals surface area (Å²) < 4.78 is 1.31. The second-order valence-corrected chi connectivity index (χ2v) is 6.19. The predicted molar refractivity (Wildman–Crippen MR) is 84.9 cm³/mol. The molecule has 0 aliphatic heterocycles. The van der Waals surface area contributed by atoms with E-state index < -0.39 is 0 Å². The summed E-state index contributed by atoms with van der Waals surface area (Å²) >= 11 is 1.84. The van der Waals surface area contributed by atoms with Crippen LogP contribution in [-0.4, -0.2) is 17.6 Å². The van der Waals surface area contributed by atoms with Crippen LogP contribution in [0.15, 0.2) is 24.3 Å². The number of thiazole rings is 1. The molecule has 1 unspecified atom stereocenters. The fourth-order valence-corrected chi connectivity index (χ4v) is 3.34. The highest BCUT2D eigenvalue weighted by Crippen LogP contribution is 2.23. The molecule has 0 amide bonds. The average Bonchev–Trinajstić information content (AvgIpc) is 2.84. The first-order valence-electron chi connectivity index (χ1n) is 7.41. The smallest absolute Gasteiger partial charge is 0.0954 e. The Morgan fingerprint density at radius 3 is 2.79 bits per heavy atom. The van der Waals surface area contributed by atoms with Gasteiger partial charge in [-0.05, 0) is 31.5 Å². The number of hydrogen-bond donors (Lipinski definition) is 1. The van der Waals surface area contributed by atoms with Gasteiger partial charge in [0.15, 0.2) is 0 Å². The number of benzene rings is 1. The van der Waals surface area contributed by atoms with Crippen molar-refractivity contribution in [1.82, 2.24) is 10.3 Å². The molecule has 1 aromatic heterocycles. The number of fused-ring (bicyclic) bond motifs is 1. The highest BCUT2D eigenvalue weighted by Gasteiger charge is 2.11. The topological polar surface area (TPSA) is 24.9 Å². The van der Waals surface area contributed by atoms with E-state index in [0.717, 1.165) is 18.5 Å². The second kappa shape index (κ2) is 7.61. The molecule has 1 atom stereocenters. The first-order chi connectivity index (χ1) is 9.33. The van der Waals surface area contributed by atoms with Crippen molar-refractivity contribution in [3.8, 4) is 0 Å². The van der Waals surface area contributed by atoms with Crippen LogP contribution in [0, 0.1) is 0 Å². The third-order valence-corrected chi connectivity index (χ3v) is 4.41. The summed E-state index contributed by atoms with van der Waals surface area (Å²) in [6, 6.07) is 9.01. The molecule has 2 rings (SSSR count). The van der Waals surface area contributed by atoms with E-state index in [2.05, 4.69) is 43.4 Å². The highest BCUT2D eigenvalue weighted by molar-refractivity contribution is 7.18. The minimum Gasteiger partial charge on any atom is -0.314 e. The molecule has 1 heterocycles. The lowest BCUT2D eigenvalue weighted by atomic mass is 10.1. The molecule has 2 nitrogen and oxygen atoms in total. The molecule has 19 heavy (non-hydrogen) atoms. The van der Waals surface area contributed by atoms with Crippen molar-refractivity contribution in [3.63, 3.8) is 0 Å². The molecule has 0 radical (unpaired) electrons. The Bertz CT molecular complexity index is 451. The Balaban J connectivity index is 2.01. The zero-order valence-corrected chi connectivity index (χ0v) is 12.8. The fourth-order valence-electron chi connectivity index (χ4n) is 2.29. The van der Waals surface area contributed by atoms with Gasteiger partial charge in [0, 0.05) is 12.5 Å². The summed E-state index contributed by atoms with van der Waals surface area (Å²) in [5.41, 5.74) is 1.15. The SMILES string of the molecule is CCCCC(Cc1nc2ccccc2s1)NCCC. The molecular formula is C16H24N2S. The van der Waals surface area contributed by atoms with Gasteiger partial charge in [-0.25, -0.2) is 4.98 Å². The van der Waals surface area contributed by atoms with Crippen LogP contribution >= 0.6 is 11.3 Å². The standard InChI is InChI=1S/C16H24N2S/c1-3-5-8-13(17-11-4-2)12-16-18-14-9-6-7-10-15(14)19-16/h6-7,9-10,13,17H,3-5,8,11-12H2,1-2H3. The Morgan fingerprint density at radius 1 is 1.21 bits per heavy atom. The van der Waals surface area contributed by atoms with Crippen LogP contribution in [0.3, 0.4) is 0 Å². The maximum Gasteiger partial charge on any atom is 0.0954 e. The molecule has 0 aliphatic rings. The van der Waals surface area contributed by atoms with Crippen LogP contribution in [0.2, 0.25) is 0 Å². The molecule has 0 fully saturated rings. The number of rotatable bonds is 8. The zero-order valence-electron chi connectivity index (χ0n) is 12.0. The van der Waals surface area contributed by atoms with Gasteiger partial charge in [-0.15, -0.1) is 11.3 Å². The van der Waals surface area contributed by atoms with Crippen molar-refractivity contribution < 1.29 is 0 Å². The number of hydrogen-bond acceptors (Lipinski definition) is 3. The summed E-state index contributed by atoms with van der Waals surface area (Å²) in [5, 5.41) is 4.93. The summed E-state index contributed by atoms with van der Waals surface area (Å²) in [4.78, 5) is 4.75. The Kier molecular flexibility index (Phi) is 5.80. The van der Waals surface area contributed by atoms with Crippen molar-refractivity contribution in [2.24, 2.45) is 0 Å². The van der Waals surface area contributed by atoms with Crippen LogP contribution in [0.5, 0.6) is 0 Å². The summed E-state index contributed by atoms with van der Waals surface area (Å²) in [5.74, 6) is 0. The molecule has 0 saturated carbocycles. The normalized spacial score (nSPS) is 12.9. The van der Waals surface area contributed by atoms with Gasteiger partial charge in [-0.1, -0.05) is 38.8 Å². The number of nitrogens with zero attached hydrogens (tertiary/aromatic N) is 1. The first-order valence-corrected chi connectivity index (χ1v) is 8.23. The molecule has 2 aromatic rings. The second-order valence-electron chi connectivity index (χ2n) is 5.07. The van der Waals surface area contributed by atoms with Gasteiger partial charge in [0.25, 0.3) is 0 Å². The van der Waals surface area contributed by atoms with E-state index in [-0.39, 0.29) is 0 Å². The quantitative estimate of drug-likeness (QED) is 0.773. The van der Waals surface area contributed by atoms with E-state index in [4.69, 9.17) is 4.98 Å². The van der Waals surface area contributed by atoms with Gasteiger partial charge in [-0.2, -0.15) is 0 Å². The first kappa shape index (κ1) is 14.5. The van der Waals surface area contributed by atoms with Crippen molar-refractivity contribution in [2.75, 3.05) is 6.54 Å². The van der Waals surface area contributed by atoms with E-state index in [9.17, 15) is 0 Å². The predicted octanol–water partition coefficient (Wildman–Crippen LogP) is 4.40. The third-order valence-electron chi connectivity index (χ3n) is 3.35. The maximum atomic E-state index is 4.75. The number of aromatic nitrogens is 1. The Labute approximate surface area is 120 Å². The molecule has 0 aliphatic carbocycles. The van der Waals surface area contributed by atoms with E-state index in [1.165, 1.54) is 35.4 Å². The molecular weight excluding hydrogens is 252 g/mol. The van der Waals surface area contributed by atoms with Crippen molar-refractivity contribution in [1.29, 1.82) is 0 Å². The van der Waals surface area contributed by atoms with Crippen LogP contribution in [0.4, 0.5) is 0 Å². The lowest BCUT2D eigenvalue weighted by Gasteiger charge is -2.16. The summed E-state index contributed by atoms with van der Waals surface area (Å²) in [7, 11) is 0. The van der Waals surface area contributed by atoms with Crippen molar-refractivity contribution >= 4 is 21.6 Å². The van der Waals surface area contributed by atoms with Crippen LogP contribution in [0.25, 0.3) is 10.2 Å². The summed E-state index contributed by atoms with van der Waals surface area (Å²) in [6.07, 6.45) is 6.09. The lowest BCUT2D eigenvalue weighted by molar-refractivity contribution is 0.461. The van der Waals surface area contributed by atoms with Gasteiger partial charge in [0.2, 0.25) is 0 Å². The molecule has 3 heteroatoms. The molecule has 0 spiro atoms. The van der Waals surface area contributed by atoms with Gasteiger partial charge >= 0.3 is 0 Å². The van der Waals surface area contributed by atoms with Gasteiger partial charge in [0.05, 0.1) is 15.2 Å². The van der Waals surface area contributed by atoms with E-state index in [1.807, 2.05) is 11.3 Å². The molecule has 1 aromatic carbocycles. The van der Waals surface area contributed by atoms with Crippen LogP contribution < -0.4 is 5.32 Å². The van der Waals surface area contributed by atoms with Gasteiger partial charge < -0.3 is 5.32 Å². The molecule has 0 saturated heterocycles. The lowest BCUT2D eigenvalue weighted by Crippen LogP contribution is -2.31. The number of unbranched alkanes of at least 4 members (excludes halogenated alkanes) is 1. The minimum absolute atomic E-state index is 0.584. The van der Waals surface area contributed by atoms with Crippen molar-refractivity contribution in [3.05, 3.63) is 29.3 Å². The van der Waals surface area contributed by atoms with Crippen molar-refractivity contribution in [2.45, 2.75) is 52.0 Å². The van der Waals surface area contributed by atoms with Gasteiger partial charge in [0.1, 0.15) is 0 Å². The van der Waals surface area contributed by atoms with Crippen LogP contribution in [0.1, 0.15) is 44.5 Å². The highest BCUT2D eigenvalue weighted by atomic mass is 32.1.